The largest absolute Gasteiger partial charge is 0.461 e. The van der Waals surface area contributed by atoms with Gasteiger partial charge >= 0.3 is 11.9 Å². The Morgan fingerprint density at radius 3 is 2.19 bits per heavy atom. The average Bonchev–Trinajstić information content (AvgIpc) is 2.65. The summed E-state index contributed by atoms with van der Waals surface area (Å²) in [7, 11) is 0. The molecule has 0 radical (unpaired) electrons. The van der Waals surface area contributed by atoms with Crippen LogP contribution in [0.25, 0.3) is 0 Å². The lowest BCUT2D eigenvalue weighted by Crippen LogP contribution is -2.13. The number of ether oxygens (including phenoxy) is 2. The van der Waals surface area contributed by atoms with Crippen LogP contribution in [0.1, 0.15) is 59.1 Å². The van der Waals surface area contributed by atoms with Crippen LogP contribution in [0.5, 0.6) is 0 Å². The molecule has 1 aromatic carbocycles. The van der Waals surface area contributed by atoms with Gasteiger partial charge in [0.25, 0.3) is 0 Å². The van der Waals surface area contributed by atoms with Gasteiger partial charge in [-0.2, -0.15) is 0 Å². The summed E-state index contributed by atoms with van der Waals surface area (Å²) in [5.74, 6) is -1.20. The van der Waals surface area contributed by atoms with Crippen LogP contribution in [0.2, 0.25) is 10.0 Å². The van der Waals surface area contributed by atoms with Crippen molar-refractivity contribution in [3.63, 3.8) is 0 Å². The molecule has 0 spiro atoms. The van der Waals surface area contributed by atoms with Crippen molar-refractivity contribution in [3.8, 4) is 0 Å². The molecule has 0 unspecified atom stereocenters. The normalized spacial score (nSPS) is 10.5. The van der Waals surface area contributed by atoms with Crippen molar-refractivity contribution in [1.82, 2.24) is 4.98 Å². The summed E-state index contributed by atoms with van der Waals surface area (Å²) in [5.41, 5.74) is 0.762. The molecule has 0 aliphatic rings. The van der Waals surface area contributed by atoms with E-state index in [9.17, 15) is 9.59 Å². The van der Waals surface area contributed by atoms with Gasteiger partial charge in [-0.1, -0.05) is 55.5 Å². The summed E-state index contributed by atoms with van der Waals surface area (Å²) in [6.07, 6.45) is 4.04. The second kappa shape index (κ2) is 10.9. The Hall–Kier alpha value is -2.11. The van der Waals surface area contributed by atoms with Gasteiger partial charge in [0.15, 0.2) is 0 Å². The monoisotopic (exact) mass is 409 g/mol. The molecule has 1 aromatic heterocycles. The van der Waals surface area contributed by atoms with Crippen molar-refractivity contribution in [1.29, 1.82) is 0 Å². The van der Waals surface area contributed by atoms with Crippen LogP contribution >= 0.6 is 23.2 Å². The third-order valence-electron chi connectivity index (χ3n) is 3.69. The van der Waals surface area contributed by atoms with Crippen LogP contribution in [0.3, 0.4) is 0 Å². The third-order valence-corrected chi connectivity index (χ3v) is 4.13. The highest BCUT2D eigenvalue weighted by Gasteiger charge is 2.14. The van der Waals surface area contributed by atoms with Gasteiger partial charge in [-0.15, -0.1) is 0 Å². The van der Waals surface area contributed by atoms with Crippen molar-refractivity contribution in [3.05, 3.63) is 63.4 Å². The molecule has 5 nitrogen and oxygen atoms in total. The van der Waals surface area contributed by atoms with E-state index < -0.39 is 11.9 Å². The summed E-state index contributed by atoms with van der Waals surface area (Å²) in [5, 5.41) is 0.908. The zero-order chi connectivity index (χ0) is 19.6. The van der Waals surface area contributed by atoms with Gasteiger partial charge in [0.05, 0.1) is 6.61 Å². The van der Waals surface area contributed by atoms with E-state index in [1.54, 1.807) is 24.3 Å². The van der Waals surface area contributed by atoms with Gasteiger partial charge in [-0.3, -0.25) is 0 Å². The minimum absolute atomic E-state index is 0.00705. The van der Waals surface area contributed by atoms with Crippen LogP contribution in [-0.2, 0) is 16.1 Å². The number of carbonyl (C=O) groups is 2. The van der Waals surface area contributed by atoms with E-state index >= 15 is 0 Å². The number of benzene rings is 1. The Labute approximate surface area is 168 Å². The van der Waals surface area contributed by atoms with Crippen molar-refractivity contribution < 1.29 is 19.1 Å². The van der Waals surface area contributed by atoms with E-state index in [0.717, 1.165) is 25.7 Å². The van der Waals surface area contributed by atoms with Crippen molar-refractivity contribution >= 4 is 35.1 Å². The minimum Gasteiger partial charge on any atom is -0.461 e. The zero-order valence-electron chi connectivity index (χ0n) is 15.0. The highest BCUT2D eigenvalue weighted by atomic mass is 35.5. The molecule has 2 rings (SSSR count). The third kappa shape index (κ3) is 7.19. The molecule has 144 valence electrons. The first-order valence-electron chi connectivity index (χ1n) is 8.76. The Morgan fingerprint density at radius 1 is 0.926 bits per heavy atom. The molecular formula is C20H21Cl2NO4. The van der Waals surface area contributed by atoms with E-state index in [0.29, 0.717) is 22.2 Å². The van der Waals surface area contributed by atoms with Gasteiger partial charge in [0.1, 0.15) is 18.0 Å². The smallest absolute Gasteiger partial charge is 0.357 e. The van der Waals surface area contributed by atoms with E-state index in [1.165, 1.54) is 12.1 Å². The quantitative estimate of drug-likeness (QED) is 0.404. The lowest BCUT2D eigenvalue weighted by Gasteiger charge is -2.07. The molecule has 0 N–H and O–H groups in total. The maximum absolute atomic E-state index is 12.2. The standard InChI is InChI=1S/C20H21Cl2NO4/c1-2-3-4-5-9-26-19(24)17-7-6-8-18(23-17)20(25)27-13-14-10-15(21)12-16(22)11-14/h6-8,10-12H,2-5,9,13H2,1H3. The van der Waals surface area contributed by atoms with E-state index in [-0.39, 0.29) is 18.0 Å². The first-order chi connectivity index (χ1) is 13.0. The molecule has 0 fully saturated rings. The summed E-state index contributed by atoms with van der Waals surface area (Å²) < 4.78 is 10.4. The topological polar surface area (TPSA) is 65.5 Å². The fraction of sp³-hybridized carbons (Fsp3) is 0.350. The first kappa shape index (κ1) is 21.2. The number of pyridine rings is 1. The molecule has 0 amide bonds. The van der Waals surface area contributed by atoms with Gasteiger partial charge < -0.3 is 9.47 Å². The SMILES string of the molecule is CCCCCCOC(=O)c1cccc(C(=O)OCc2cc(Cl)cc(Cl)c2)n1. The van der Waals surface area contributed by atoms with E-state index in [2.05, 4.69) is 11.9 Å². The van der Waals surface area contributed by atoms with Crippen LogP contribution < -0.4 is 0 Å². The lowest BCUT2D eigenvalue weighted by molar-refractivity contribution is 0.0463. The van der Waals surface area contributed by atoms with Crippen LogP contribution in [-0.4, -0.2) is 23.5 Å². The number of hydrogen-bond acceptors (Lipinski definition) is 5. The van der Waals surface area contributed by atoms with E-state index in [4.69, 9.17) is 32.7 Å². The van der Waals surface area contributed by atoms with Gasteiger partial charge in [0, 0.05) is 10.0 Å². The van der Waals surface area contributed by atoms with Gasteiger partial charge in [0.2, 0.25) is 0 Å². The summed E-state index contributed by atoms with van der Waals surface area (Å²) in [6.45, 7) is 2.44. The molecule has 0 saturated heterocycles. The summed E-state index contributed by atoms with van der Waals surface area (Å²) in [4.78, 5) is 28.3. The second-order valence-electron chi connectivity index (χ2n) is 5.96. The molecule has 0 atom stereocenters. The van der Waals surface area contributed by atoms with Crippen LogP contribution in [0.4, 0.5) is 0 Å². The fourth-order valence-corrected chi connectivity index (χ4v) is 2.92. The number of aromatic nitrogens is 1. The molecule has 0 bridgehead atoms. The highest BCUT2D eigenvalue weighted by molar-refractivity contribution is 6.34. The Bertz CT molecular complexity index is 775. The summed E-state index contributed by atoms with van der Waals surface area (Å²) >= 11 is 11.8. The molecule has 2 aromatic rings. The molecule has 0 aliphatic carbocycles. The number of hydrogen-bond donors (Lipinski definition) is 0. The Morgan fingerprint density at radius 2 is 1.56 bits per heavy atom. The van der Waals surface area contributed by atoms with Crippen molar-refractivity contribution in [2.24, 2.45) is 0 Å². The van der Waals surface area contributed by atoms with Crippen molar-refractivity contribution in [2.45, 2.75) is 39.2 Å². The fourth-order valence-electron chi connectivity index (χ4n) is 2.35. The minimum atomic E-state index is -0.649. The van der Waals surface area contributed by atoms with Crippen molar-refractivity contribution in [2.75, 3.05) is 6.61 Å². The van der Waals surface area contributed by atoms with Crippen LogP contribution in [0.15, 0.2) is 36.4 Å². The number of halogens is 2. The second-order valence-corrected chi connectivity index (χ2v) is 6.83. The maximum Gasteiger partial charge on any atom is 0.357 e. The van der Waals surface area contributed by atoms with Gasteiger partial charge in [-0.05, 0) is 42.3 Å². The molecule has 0 aliphatic heterocycles. The first-order valence-corrected chi connectivity index (χ1v) is 9.51. The zero-order valence-corrected chi connectivity index (χ0v) is 16.6. The number of esters is 2. The van der Waals surface area contributed by atoms with Gasteiger partial charge in [-0.25, -0.2) is 14.6 Å². The Balaban J connectivity index is 1.91. The molecule has 7 heteroatoms. The van der Waals surface area contributed by atoms with E-state index in [1.807, 2.05) is 0 Å². The lowest BCUT2D eigenvalue weighted by atomic mass is 10.2. The Kier molecular flexibility index (Phi) is 8.55. The number of nitrogens with zero attached hydrogens (tertiary/aromatic N) is 1. The number of unbranched alkanes of at least 4 members (excludes halogenated alkanes) is 3. The molecule has 27 heavy (non-hydrogen) atoms. The predicted molar refractivity (Wildman–Crippen MR) is 104 cm³/mol. The molecule has 1 heterocycles. The average molecular weight is 410 g/mol. The van der Waals surface area contributed by atoms with Crippen LogP contribution in [0, 0.1) is 0 Å². The summed E-state index contributed by atoms with van der Waals surface area (Å²) in [6, 6.07) is 9.44. The number of rotatable bonds is 9. The molecule has 0 saturated carbocycles. The predicted octanol–water partition coefficient (Wildman–Crippen LogP) is 5.48. The number of carbonyl (C=O) groups excluding carboxylic acids is 2. The highest BCUT2D eigenvalue weighted by Crippen LogP contribution is 2.20. The maximum atomic E-state index is 12.2. The molecular weight excluding hydrogens is 389 g/mol.